The number of Topliss-reactive ketones (excluding diaryl/α,β-unsaturated/α-hetero) is 3. The van der Waals surface area contributed by atoms with Crippen LogP contribution in [0.25, 0.3) is 0 Å². The molecule has 8 heteroatoms. The Morgan fingerprint density at radius 3 is 1.59 bits per heavy atom. The number of hydrogen-bond donors (Lipinski definition) is 3. The molecule has 0 aromatic heterocycles. The van der Waals surface area contributed by atoms with Gasteiger partial charge in [0.2, 0.25) is 11.8 Å². The van der Waals surface area contributed by atoms with Crippen LogP contribution in [0.5, 0.6) is 0 Å². The molecule has 0 aromatic rings. The van der Waals surface area contributed by atoms with E-state index in [2.05, 4.69) is 10.6 Å². The van der Waals surface area contributed by atoms with Crippen molar-refractivity contribution in [2.45, 2.75) is 122 Å². The molecule has 4 N–H and O–H groups in total. The summed E-state index contributed by atoms with van der Waals surface area (Å²) in [7, 11) is 0. The molecule has 1 aliphatic carbocycles. The van der Waals surface area contributed by atoms with Crippen LogP contribution in [-0.2, 0) is 24.0 Å². The maximum absolute atomic E-state index is 12.7. The minimum absolute atomic E-state index is 0.00499. The topological polar surface area (TPSA) is 135 Å². The number of amides is 2. The molecule has 0 aromatic carbocycles. The Bertz CT molecular complexity index is 623. The van der Waals surface area contributed by atoms with E-state index < -0.39 is 5.54 Å². The summed E-state index contributed by atoms with van der Waals surface area (Å²) in [5, 5.41) is 6.04. The summed E-state index contributed by atoms with van der Waals surface area (Å²) in [4.78, 5) is 59.6. The van der Waals surface area contributed by atoms with Crippen molar-refractivity contribution in [1.29, 1.82) is 0 Å². The second-order valence-electron chi connectivity index (χ2n) is 9.47. The Kier molecular flexibility index (Phi) is 12.3. The monoisotopic (exact) mass is 451 g/mol. The minimum Gasteiger partial charge on any atom is -0.353 e. The molecule has 1 saturated carbocycles. The van der Waals surface area contributed by atoms with E-state index in [4.69, 9.17) is 5.73 Å². The quantitative estimate of drug-likeness (QED) is 0.350. The first kappa shape index (κ1) is 27.9. The van der Waals surface area contributed by atoms with Gasteiger partial charge < -0.3 is 30.8 Å². The number of nitrogens with two attached hydrogens (primary N) is 1. The van der Waals surface area contributed by atoms with E-state index in [1.165, 1.54) is 20.8 Å². The molecule has 0 aliphatic heterocycles. The zero-order valence-corrected chi connectivity index (χ0v) is 20.0. The van der Waals surface area contributed by atoms with Crippen LogP contribution in [0, 0.1) is 0 Å². The van der Waals surface area contributed by atoms with Crippen molar-refractivity contribution in [2.24, 2.45) is 5.73 Å². The molecule has 8 nitrogen and oxygen atoms in total. The van der Waals surface area contributed by atoms with Crippen molar-refractivity contribution in [2.75, 3.05) is 0 Å². The van der Waals surface area contributed by atoms with Crippen molar-refractivity contribution < 1.29 is 24.0 Å². The Labute approximate surface area is 191 Å². The van der Waals surface area contributed by atoms with Gasteiger partial charge in [0.05, 0.1) is 0 Å². The van der Waals surface area contributed by atoms with E-state index in [0.29, 0.717) is 25.7 Å². The SMILES string of the molecule is CC(=O)CCC(CCC(C)=O)(CCC(C)=O)NC(=O)CCCC(=O)NC1CCC(N)CC1. The van der Waals surface area contributed by atoms with Crippen LogP contribution in [0.1, 0.15) is 104 Å². The summed E-state index contributed by atoms with van der Waals surface area (Å²) < 4.78 is 0. The summed E-state index contributed by atoms with van der Waals surface area (Å²) in [6, 6.07) is 0.384. The van der Waals surface area contributed by atoms with E-state index in [1.807, 2.05) is 0 Å². The zero-order valence-electron chi connectivity index (χ0n) is 20.0. The molecule has 182 valence electrons. The average Bonchev–Trinajstić information content (AvgIpc) is 2.70. The smallest absolute Gasteiger partial charge is 0.220 e. The largest absolute Gasteiger partial charge is 0.353 e. The molecular formula is C24H41N3O5. The Morgan fingerprint density at radius 2 is 1.16 bits per heavy atom. The molecule has 0 heterocycles. The van der Waals surface area contributed by atoms with E-state index >= 15 is 0 Å². The molecule has 0 unspecified atom stereocenters. The lowest BCUT2D eigenvalue weighted by Gasteiger charge is -2.35. The molecule has 0 bridgehead atoms. The van der Waals surface area contributed by atoms with Gasteiger partial charge in [-0.1, -0.05) is 0 Å². The first-order valence-corrected chi connectivity index (χ1v) is 11.9. The molecule has 32 heavy (non-hydrogen) atoms. The normalized spacial score (nSPS) is 18.6. The third-order valence-corrected chi connectivity index (χ3v) is 6.22. The van der Waals surface area contributed by atoms with E-state index in [0.717, 1.165) is 25.7 Å². The number of carbonyl (C=O) groups is 5. The van der Waals surface area contributed by atoms with Crippen molar-refractivity contribution >= 4 is 29.2 Å². The van der Waals surface area contributed by atoms with Crippen LogP contribution >= 0.6 is 0 Å². The predicted molar refractivity (Wildman–Crippen MR) is 123 cm³/mol. The number of hydrogen-bond acceptors (Lipinski definition) is 6. The third kappa shape index (κ3) is 12.1. The van der Waals surface area contributed by atoms with Crippen molar-refractivity contribution in [3.63, 3.8) is 0 Å². The Morgan fingerprint density at radius 1 is 0.719 bits per heavy atom. The van der Waals surface area contributed by atoms with Crippen LogP contribution in [-0.4, -0.2) is 46.8 Å². The minimum atomic E-state index is -0.775. The summed E-state index contributed by atoms with van der Waals surface area (Å²) in [5.74, 6) is -0.301. The number of ketones is 3. The molecule has 1 rings (SSSR count). The van der Waals surface area contributed by atoms with Crippen LogP contribution in [0.15, 0.2) is 0 Å². The van der Waals surface area contributed by atoms with Gasteiger partial charge in [0, 0.05) is 49.7 Å². The maximum Gasteiger partial charge on any atom is 0.220 e. The molecular weight excluding hydrogens is 410 g/mol. The molecule has 0 radical (unpaired) electrons. The fourth-order valence-corrected chi connectivity index (χ4v) is 4.14. The average molecular weight is 452 g/mol. The van der Waals surface area contributed by atoms with E-state index in [-0.39, 0.29) is 73.4 Å². The molecule has 0 spiro atoms. The lowest BCUT2D eigenvalue weighted by molar-refractivity contribution is -0.126. The second-order valence-corrected chi connectivity index (χ2v) is 9.47. The van der Waals surface area contributed by atoms with Gasteiger partial charge in [-0.25, -0.2) is 0 Å². The van der Waals surface area contributed by atoms with Crippen LogP contribution in [0.2, 0.25) is 0 Å². The van der Waals surface area contributed by atoms with Crippen LogP contribution in [0.4, 0.5) is 0 Å². The highest BCUT2D eigenvalue weighted by Crippen LogP contribution is 2.27. The van der Waals surface area contributed by atoms with Gasteiger partial charge in [0.15, 0.2) is 0 Å². The number of carbonyl (C=O) groups excluding carboxylic acids is 5. The van der Waals surface area contributed by atoms with Gasteiger partial charge in [-0.2, -0.15) is 0 Å². The van der Waals surface area contributed by atoms with Gasteiger partial charge in [0.25, 0.3) is 0 Å². The highest BCUT2D eigenvalue weighted by atomic mass is 16.2. The highest BCUT2D eigenvalue weighted by Gasteiger charge is 2.32. The summed E-state index contributed by atoms with van der Waals surface area (Å²) >= 11 is 0. The fourth-order valence-electron chi connectivity index (χ4n) is 4.14. The van der Waals surface area contributed by atoms with Crippen molar-refractivity contribution in [1.82, 2.24) is 10.6 Å². The predicted octanol–water partition coefficient (Wildman–Crippen LogP) is 2.51. The van der Waals surface area contributed by atoms with Gasteiger partial charge in [-0.05, 0) is 72.1 Å². The number of rotatable bonds is 15. The Hall–Kier alpha value is -2.09. The molecule has 0 saturated heterocycles. The summed E-state index contributed by atoms with van der Waals surface area (Å²) in [5.41, 5.74) is 5.12. The van der Waals surface area contributed by atoms with Crippen molar-refractivity contribution in [3.05, 3.63) is 0 Å². The lowest BCUT2D eigenvalue weighted by atomic mass is 9.82. The van der Waals surface area contributed by atoms with Crippen LogP contribution in [0.3, 0.4) is 0 Å². The van der Waals surface area contributed by atoms with Gasteiger partial charge in [-0.3, -0.25) is 9.59 Å². The van der Waals surface area contributed by atoms with Gasteiger partial charge in [-0.15, -0.1) is 0 Å². The summed E-state index contributed by atoms with van der Waals surface area (Å²) in [6.45, 7) is 4.46. The highest BCUT2D eigenvalue weighted by molar-refractivity contribution is 5.81. The second kappa shape index (κ2) is 14.1. The number of nitrogens with one attached hydrogen (secondary N) is 2. The molecule has 1 aliphatic rings. The first-order chi connectivity index (χ1) is 15.0. The fraction of sp³-hybridized carbons (Fsp3) is 0.792. The maximum atomic E-state index is 12.7. The summed E-state index contributed by atoms with van der Waals surface area (Å²) in [6.07, 6.45) is 6.41. The zero-order chi connectivity index (χ0) is 24.1. The third-order valence-electron chi connectivity index (χ3n) is 6.22. The van der Waals surface area contributed by atoms with Crippen molar-refractivity contribution in [3.8, 4) is 0 Å². The Balaban J connectivity index is 2.61. The molecule has 0 atom stereocenters. The molecule has 1 fully saturated rings. The molecule has 2 amide bonds. The van der Waals surface area contributed by atoms with Crippen LogP contribution < -0.4 is 16.4 Å². The standard InChI is InChI=1S/C24H41N3O5/c1-17(28)11-14-24(15-12-18(2)29,16-13-19(3)30)27-23(32)6-4-5-22(31)26-21-9-7-20(25)8-10-21/h20-21H,4-16,25H2,1-3H3,(H,26,31)(H,27,32). The lowest BCUT2D eigenvalue weighted by Crippen LogP contribution is -2.49. The van der Waals surface area contributed by atoms with E-state index in [1.54, 1.807) is 0 Å². The van der Waals surface area contributed by atoms with Gasteiger partial charge >= 0.3 is 0 Å². The first-order valence-electron chi connectivity index (χ1n) is 11.9. The van der Waals surface area contributed by atoms with E-state index in [9.17, 15) is 24.0 Å². The van der Waals surface area contributed by atoms with Gasteiger partial charge in [0.1, 0.15) is 17.3 Å².